The summed E-state index contributed by atoms with van der Waals surface area (Å²) < 4.78 is 5.04. The summed E-state index contributed by atoms with van der Waals surface area (Å²) >= 11 is 0. The van der Waals surface area contributed by atoms with Crippen molar-refractivity contribution in [3.8, 4) is 5.88 Å². The van der Waals surface area contributed by atoms with Crippen LogP contribution in [0.4, 0.5) is 0 Å². The van der Waals surface area contributed by atoms with Gasteiger partial charge in [-0.2, -0.15) is 0 Å². The third kappa shape index (κ3) is 1.76. The van der Waals surface area contributed by atoms with Gasteiger partial charge in [0, 0.05) is 17.8 Å². The van der Waals surface area contributed by atoms with Crippen LogP contribution in [0.1, 0.15) is 18.6 Å². The first-order valence-corrected chi connectivity index (χ1v) is 4.70. The van der Waals surface area contributed by atoms with Crippen LogP contribution in [0.5, 0.6) is 5.88 Å². The van der Waals surface area contributed by atoms with E-state index < -0.39 is 6.10 Å². The van der Waals surface area contributed by atoms with Gasteiger partial charge < -0.3 is 9.84 Å². The molecule has 4 nitrogen and oxygen atoms in total. The number of methoxy groups -OCH3 is 1. The number of aliphatic hydroxyl groups excluding tert-OH is 1. The highest BCUT2D eigenvalue weighted by atomic mass is 16.5. The monoisotopic (exact) mass is 204 g/mol. The second-order valence-electron chi connectivity index (χ2n) is 3.30. The highest BCUT2D eigenvalue weighted by molar-refractivity contribution is 5.78. The van der Waals surface area contributed by atoms with Crippen molar-refractivity contribution in [2.45, 2.75) is 13.0 Å². The highest BCUT2D eigenvalue weighted by Crippen LogP contribution is 2.22. The number of aromatic nitrogens is 2. The van der Waals surface area contributed by atoms with Crippen LogP contribution < -0.4 is 4.74 Å². The van der Waals surface area contributed by atoms with Crippen molar-refractivity contribution in [1.29, 1.82) is 0 Å². The molecule has 0 spiro atoms. The number of hydrogen-bond acceptors (Lipinski definition) is 4. The zero-order chi connectivity index (χ0) is 10.8. The van der Waals surface area contributed by atoms with Crippen molar-refractivity contribution in [2.75, 3.05) is 7.11 Å². The molecule has 1 N–H and O–H groups in total. The SMILES string of the molecule is COc1ccc2nccc(C(C)O)c2n1. The molecule has 0 radical (unpaired) electrons. The van der Waals surface area contributed by atoms with Gasteiger partial charge in [0.2, 0.25) is 5.88 Å². The number of nitrogens with zero attached hydrogens (tertiary/aromatic N) is 2. The Morgan fingerprint density at radius 3 is 2.80 bits per heavy atom. The van der Waals surface area contributed by atoms with Gasteiger partial charge in [0.15, 0.2) is 0 Å². The molecule has 0 amide bonds. The number of rotatable bonds is 2. The Bertz CT molecular complexity index is 483. The van der Waals surface area contributed by atoms with Crippen molar-refractivity contribution in [3.63, 3.8) is 0 Å². The summed E-state index contributed by atoms with van der Waals surface area (Å²) in [5.41, 5.74) is 2.21. The van der Waals surface area contributed by atoms with Crippen LogP contribution >= 0.6 is 0 Å². The molecule has 2 rings (SSSR count). The highest BCUT2D eigenvalue weighted by Gasteiger charge is 2.08. The van der Waals surface area contributed by atoms with Crippen LogP contribution in [0.25, 0.3) is 11.0 Å². The molecule has 1 atom stereocenters. The van der Waals surface area contributed by atoms with Gasteiger partial charge in [-0.05, 0) is 19.1 Å². The van der Waals surface area contributed by atoms with E-state index in [1.165, 1.54) is 0 Å². The largest absolute Gasteiger partial charge is 0.481 e. The van der Waals surface area contributed by atoms with Crippen molar-refractivity contribution in [3.05, 3.63) is 30.0 Å². The van der Waals surface area contributed by atoms with E-state index >= 15 is 0 Å². The van der Waals surface area contributed by atoms with E-state index in [9.17, 15) is 5.11 Å². The molecule has 0 saturated carbocycles. The third-order valence-electron chi connectivity index (χ3n) is 2.25. The van der Waals surface area contributed by atoms with Crippen LogP contribution in [-0.4, -0.2) is 22.2 Å². The molecule has 0 fully saturated rings. The molecule has 2 heterocycles. The second-order valence-corrected chi connectivity index (χ2v) is 3.30. The molecule has 78 valence electrons. The maximum Gasteiger partial charge on any atom is 0.213 e. The van der Waals surface area contributed by atoms with E-state index in [1.807, 2.05) is 6.07 Å². The number of fused-ring (bicyclic) bond motifs is 1. The lowest BCUT2D eigenvalue weighted by atomic mass is 10.1. The first kappa shape index (κ1) is 9.86. The van der Waals surface area contributed by atoms with E-state index in [1.54, 1.807) is 32.4 Å². The Labute approximate surface area is 87.6 Å². The summed E-state index contributed by atoms with van der Waals surface area (Å²) in [6.45, 7) is 1.70. The second kappa shape index (κ2) is 3.82. The Hall–Kier alpha value is -1.68. The molecule has 0 aromatic carbocycles. The standard InChI is InChI=1S/C11H12N2O2/c1-7(14)8-5-6-12-9-3-4-10(15-2)13-11(8)9/h3-7,14H,1-2H3. The maximum atomic E-state index is 9.58. The topological polar surface area (TPSA) is 55.2 Å². The molecule has 4 heteroatoms. The van der Waals surface area contributed by atoms with Crippen LogP contribution in [0.15, 0.2) is 24.4 Å². The summed E-state index contributed by atoms with van der Waals surface area (Å²) in [5, 5.41) is 9.58. The van der Waals surface area contributed by atoms with Gasteiger partial charge in [0.05, 0.1) is 24.2 Å². The fourth-order valence-corrected chi connectivity index (χ4v) is 1.48. The summed E-state index contributed by atoms with van der Waals surface area (Å²) in [5.74, 6) is 0.525. The molecule has 15 heavy (non-hydrogen) atoms. The predicted molar refractivity (Wildman–Crippen MR) is 56.7 cm³/mol. The average Bonchev–Trinajstić information content (AvgIpc) is 2.27. The molecule has 0 aliphatic heterocycles. The number of hydrogen-bond donors (Lipinski definition) is 1. The number of ether oxygens (including phenoxy) is 1. The molecular formula is C11H12N2O2. The van der Waals surface area contributed by atoms with Crippen molar-refractivity contribution in [1.82, 2.24) is 9.97 Å². The predicted octanol–water partition coefficient (Wildman–Crippen LogP) is 1.69. The van der Waals surface area contributed by atoms with Crippen molar-refractivity contribution in [2.24, 2.45) is 0 Å². The van der Waals surface area contributed by atoms with E-state index in [0.717, 1.165) is 11.1 Å². The van der Waals surface area contributed by atoms with Crippen LogP contribution in [0.3, 0.4) is 0 Å². The van der Waals surface area contributed by atoms with Gasteiger partial charge in [-0.3, -0.25) is 4.98 Å². The smallest absolute Gasteiger partial charge is 0.213 e. The van der Waals surface area contributed by atoms with Gasteiger partial charge >= 0.3 is 0 Å². The molecule has 0 bridgehead atoms. The van der Waals surface area contributed by atoms with Crippen molar-refractivity contribution >= 4 is 11.0 Å². The van der Waals surface area contributed by atoms with Gasteiger partial charge in [0.25, 0.3) is 0 Å². The summed E-state index contributed by atoms with van der Waals surface area (Å²) in [6, 6.07) is 5.34. The lowest BCUT2D eigenvalue weighted by molar-refractivity contribution is 0.200. The Balaban J connectivity index is 2.70. The molecule has 0 aliphatic carbocycles. The zero-order valence-corrected chi connectivity index (χ0v) is 8.64. The minimum absolute atomic E-state index is 0.525. The Morgan fingerprint density at radius 1 is 1.33 bits per heavy atom. The van der Waals surface area contributed by atoms with Gasteiger partial charge in [-0.15, -0.1) is 0 Å². The molecule has 0 aliphatic rings. The van der Waals surface area contributed by atoms with Crippen LogP contribution in [-0.2, 0) is 0 Å². The Morgan fingerprint density at radius 2 is 2.13 bits per heavy atom. The first-order valence-electron chi connectivity index (χ1n) is 4.70. The first-order chi connectivity index (χ1) is 7.22. The normalized spacial score (nSPS) is 12.7. The lowest BCUT2D eigenvalue weighted by Crippen LogP contribution is -1.97. The summed E-state index contributed by atoms with van der Waals surface area (Å²) in [4.78, 5) is 8.44. The summed E-state index contributed by atoms with van der Waals surface area (Å²) in [6.07, 6.45) is 1.11. The van der Waals surface area contributed by atoms with E-state index in [2.05, 4.69) is 9.97 Å². The fourth-order valence-electron chi connectivity index (χ4n) is 1.48. The molecule has 2 aromatic rings. The third-order valence-corrected chi connectivity index (χ3v) is 2.25. The van der Waals surface area contributed by atoms with Crippen LogP contribution in [0, 0.1) is 0 Å². The number of aliphatic hydroxyl groups is 1. The lowest BCUT2D eigenvalue weighted by Gasteiger charge is -2.08. The zero-order valence-electron chi connectivity index (χ0n) is 8.64. The minimum atomic E-state index is -0.560. The molecular weight excluding hydrogens is 192 g/mol. The van der Waals surface area contributed by atoms with Crippen LogP contribution in [0.2, 0.25) is 0 Å². The molecule has 1 unspecified atom stereocenters. The molecule has 0 saturated heterocycles. The average molecular weight is 204 g/mol. The number of pyridine rings is 2. The summed E-state index contributed by atoms with van der Waals surface area (Å²) in [7, 11) is 1.56. The van der Waals surface area contributed by atoms with E-state index in [4.69, 9.17) is 4.74 Å². The van der Waals surface area contributed by atoms with Crippen molar-refractivity contribution < 1.29 is 9.84 Å². The minimum Gasteiger partial charge on any atom is -0.481 e. The maximum absolute atomic E-state index is 9.58. The van der Waals surface area contributed by atoms with E-state index in [0.29, 0.717) is 11.4 Å². The van der Waals surface area contributed by atoms with Gasteiger partial charge in [0.1, 0.15) is 0 Å². The quantitative estimate of drug-likeness (QED) is 0.808. The van der Waals surface area contributed by atoms with Gasteiger partial charge in [-0.1, -0.05) is 0 Å². The fraction of sp³-hybridized carbons (Fsp3) is 0.273. The molecule has 2 aromatic heterocycles. The Kier molecular flexibility index (Phi) is 2.51. The van der Waals surface area contributed by atoms with Gasteiger partial charge in [-0.25, -0.2) is 4.98 Å². The van der Waals surface area contributed by atoms with E-state index in [-0.39, 0.29) is 0 Å².